The lowest BCUT2D eigenvalue weighted by Gasteiger charge is -2.27. The highest BCUT2D eigenvalue weighted by molar-refractivity contribution is 6.39. The van der Waals surface area contributed by atoms with Gasteiger partial charge in [0, 0.05) is 6.54 Å². The van der Waals surface area contributed by atoms with Crippen molar-refractivity contribution in [3.63, 3.8) is 0 Å². The van der Waals surface area contributed by atoms with Gasteiger partial charge in [-0.1, -0.05) is 72.3 Å². The Morgan fingerprint density at radius 3 is 2.45 bits per heavy atom. The molecule has 33 heavy (non-hydrogen) atoms. The van der Waals surface area contributed by atoms with Gasteiger partial charge in [0.1, 0.15) is 6.54 Å². The van der Waals surface area contributed by atoms with E-state index in [2.05, 4.69) is 15.7 Å². The van der Waals surface area contributed by atoms with Gasteiger partial charge in [-0.2, -0.15) is 0 Å². The van der Waals surface area contributed by atoms with Gasteiger partial charge in [-0.15, -0.1) is 0 Å². The second-order valence-corrected chi connectivity index (χ2v) is 7.82. The number of carbonyl (C=O) groups is 2. The number of amidine groups is 1. The molecule has 2 N–H and O–H groups in total. The minimum atomic E-state index is -0.370. The summed E-state index contributed by atoms with van der Waals surface area (Å²) in [5.41, 5.74) is 7.68. The van der Waals surface area contributed by atoms with Gasteiger partial charge in [-0.3, -0.25) is 20.0 Å². The highest BCUT2D eigenvalue weighted by Crippen LogP contribution is 2.15. The Morgan fingerprint density at radius 1 is 0.970 bits per heavy atom. The lowest BCUT2D eigenvalue weighted by atomic mass is 10.1. The molecule has 0 spiro atoms. The quantitative estimate of drug-likeness (QED) is 0.561. The number of hydrogen-bond acceptors (Lipinski definition) is 5. The van der Waals surface area contributed by atoms with Gasteiger partial charge in [0.25, 0.3) is 11.8 Å². The number of nitrogens with zero attached hydrogens (tertiary/aromatic N) is 2. The number of aliphatic imine (C=N–C) groups is 1. The molecule has 0 fully saturated rings. The summed E-state index contributed by atoms with van der Waals surface area (Å²) >= 11 is 0. The molecule has 0 atom stereocenters. The zero-order valence-electron chi connectivity index (χ0n) is 18.5. The first kappa shape index (κ1) is 22.2. The lowest BCUT2D eigenvalue weighted by molar-refractivity contribution is -0.118. The number of anilines is 1. The number of nitrogens with one attached hydrogen (secondary N) is 2. The number of carbonyl (C=O) groups excluding carboxylic acids is 2. The van der Waals surface area contributed by atoms with Crippen LogP contribution in [0.15, 0.2) is 83.9 Å². The molecule has 3 aromatic rings. The number of amides is 2. The fourth-order valence-electron chi connectivity index (χ4n) is 3.40. The summed E-state index contributed by atoms with van der Waals surface area (Å²) in [7, 11) is 0. The first-order valence-corrected chi connectivity index (χ1v) is 10.8. The Morgan fingerprint density at radius 2 is 1.67 bits per heavy atom. The van der Waals surface area contributed by atoms with E-state index in [4.69, 9.17) is 4.74 Å². The van der Waals surface area contributed by atoms with Crippen LogP contribution in [-0.2, 0) is 34.1 Å². The zero-order chi connectivity index (χ0) is 23.0. The van der Waals surface area contributed by atoms with Gasteiger partial charge < -0.3 is 10.1 Å². The van der Waals surface area contributed by atoms with Crippen LogP contribution in [0.25, 0.3) is 0 Å². The van der Waals surface area contributed by atoms with E-state index in [0.29, 0.717) is 25.4 Å². The van der Waals surface area contributed by atoms with E-state index < -0.39 is 0 Å². The van der Waals surface area contributed by atoms with E-state index in [1.54, 1.807) is 0 Å². The molecule has 0 saturated heterocycles. The minimum Gasteiger partial charge on any atom is -0.372 e. The monoisotopic (exact) mass is 442 g/mol. The first-order valence-electron chi connectivity index (χ1n) is 10.8. The second-order valence-electron chi connectivity index (χ2n) is 7.82. The summed E-state index contributed by atoms with van der Waals surface area (Å²) in [6, 6.07) is 25.4. The van der Waals surface area contributed by atoms with Gasteiger partial charge >= 0.3 is 0 Å². The third-order valence-electron chi connectivity index (χ3n) is 5.17. The molecule has 3 aromatic carbocycles. The van der Waals surface area contributed by atoms with Crippen LogP contribution < -0.4 is 15.8 Å². The van der Waals surface area contributed by atoms with Crippen LogP contribution in [0.2, 0.25) is 0 Å². The van der Waals surface area contributed by atoms with Crippen LogP contribution in [0, 0.1) is 6.92 Å². The van der Waals surface area contributed by atoms with Crippen molar-refractivity contribution in [2.45, 2.75) is 26.7 Å². The maximum Gasteiger partial charge on any atom is 0.288 e. The van der Waals surface area contributed by atoms with E-state index in [0.717, 1.165) is 22.3 Å². The molecule has 0 unspecified atom stereocenters. The zero-order valence-corrected chi connectivity index (χ0v) is 18.5. The molecule has 0 saturated carbocycles. The minimum absolute atomic E-state index is 0.0854. The van der Waals surface area contributed by atoms with Crippen LogP contribution in [0.1, 0.15) is 22.3 Å². The smallest absolute Gasteiger partial charge is 0.288 e. The fourth-order valence-corrected chi connectivity index (χ4v) is 3.40. The number of rotatable bonds is 8. The molecule has 168 valence electrons. The van der Waals surface area contributed by atoms with Crippen molar-refractivity contribution in [1.82, 2.24) is 10.7 Å². The maximum absolute atomic E-state index is 12.7. The van der Waals surface area contributed by atoms with Crippen molar-refractivity contribution in [3.8, 4) is 0 Å². The molecule has 0 bridgehead atoms. The van der Waals surface area contributed by atoms with Crippen molar-refractivity contribution in [1.29, 1.82) is 0 Å². The number of ether oxygens (including phenoxy) is 1. The number of hydrazine groups is 1. The standard InChI is InChI=1S/C26H26N4O3/c1-19-10-12-23(13-11-19)30-24(31)16-27-25(29-30)26(32)28-15-21-8-5-9-22(14-21)18-33-17-20-6-3-2-4-7-20/h2-14H,15-18H2,1H3,(H,27,29)(H,28,32). The molecule has 7 nitrogen and oxygen atoms in total. The third kappa shape index (κ3) is 6.05. The van der Waals surface area contributed by atoms with E-state index in [1.165, 1.54) is 5.01 Å². The average molecular weight is 443 g/mol. The molecular formula is C26H26N4O3. The van der Waals surface area contributed by atoms with Crippen LogP contribution >= 0.6 is 0 Å². The summed E-state index contributed by atoms with van der Waals surface area (Å²) in [6.07, 6.45) is 0. The Hall–Kier alpha value is -3.97. The summed E-state index contributed by atoms with van der Waals surface area (Å²) in [4.78, 5) is 29.0. The van der Waals surface area contributed by atoms with Crippen LogP contribution in [-0.4, -0.2) is 24.2 Å². The van der Waals surface area contributed by atoms with Crippen LogP contribution in [0.3, 0.4) is 0 Å². The molecule has 4 rings (SSSR count). The predicted molar refractivity (Wildman–Crippen MR) is 127 cm³/mol. The Labute approximate surface area is 193 Å². The van der Waals surface area contributed by atoms with E-state index in [9.17, 15) is 9.59 Å². The van der Waals surface area contributed by atoms with Crippen molar-refractivity contribution in [3.05, 3.63) is 101 Å². The summed E-state index contributed by atoms with van der Waals surface area (Å²) in [5.74, 6) is -0.485. The van der Waals surface area contributed by atoms with Crippen molar-refractivity contribution in [2.24, 2.45) is 4.99 Å². The lowest BCUT2D eigenvalue weighted by Crippen LogP contribution is -2.55. The van der Waals surface area contributed by atoms with Gasteiger partial charge in [0.05, 0.1) is 18.9 Å². The molecule has 1 aliphatic heterocycles. The molecule has 1 heterocycles. The van der Waals surface area contributed by atoms with Gasteiger partial charge in [-0.25, -0.2) is 5.01 Å². The maximum atomic E-state index is 12.7. The SMILES string of the molecule is Cc1ccc(N2NC(C(=O)NCc3cccc(COCc4ccccc4)c3)=NCC2=O)cc1. The summed E-state index contributed by atoms with van der Waals surface area (Å²) in [5, 5.41) is 4.22. The molecule has 2 amide bonds. The van der Waals surface area contributed by atoms with Crippen LogP contribution in [0.5, 0.6) is 0 Å². The van der Waals surface area contributed by atoms with E-state index in [1.807, 2.05) is 85.8 Å². The first-order chi connectivity index (χ1) is 16.1. The predicted octanol–water partition coefficient (Wildman–Crippen LogP) is 3.28. The van der Waals surface area contributed by atoms with Crippen molar-refractivity contribution >= 4 is 23.3 Å². The van der Waals surface area contributed by atoms with Crippen LogP contribution in [0.4, 0.5) is 5.69 Å². The molecule has 1 aliphatic rings. The molecule has 0 radical (unpaired) electrons. The van der Waals surface area contributed by atoms with Crippen molar-refractivity contribution < 1.29 is 14.3 Å². The number of benzene rings is 3. The molecule has 0 aliphatic carbocycles. The van der Waals surface area contributed by atoms with Gasteiger partial charge in [-0.05, 0) is 35.7 Å². The van der Waals surface area contributed by atoms with Gasteiger partial charge in [0.2, 0.25) is 5.84 Å². The largest absolute Gasteiger partial charge is 0.372 e. The normalized spacial score (nSPS) is 13.3. The highest BCUT2D eigenvalue weighted by Gasteiger charge is 2.25. The number of aryl methyl sites for hydroxylation is 1. The summed E-state index contributed by atoms with van der Waals surface area (Å²) < 4.78 is 5.80. The topological polar surface area (TPSA) is 83.0 Å². The Balaban J connectivity index is 1.30. The Bertz CT molecular complexity index is 1140. The molecule has 0 aromatic heterocycles. The van der Waals surface area contributed by atoms with E-state index >= 15 is 0 Å². The average Bonchev–Trinajstić information content (AvgIpc) is 2.84. The third-order valence-corrected chi connectivity index (χ3v) is 5.17. The fraction of sp³-hybridized carbons (Fsp3) is 0.192. The summed E-state index contributed by atoms with van der Waals surface area (Å²) in [6.45, 7) is 3.25. The van der Waals surface area contributed by atoms with E-state index in [-0.39, 0.29) is 24.2 Å². The van der Waals surface area contributed by atoms with Crippen molar-refractivity contribution in [2.75, 3.05) is 11.6 Å². The highest BCUT2D eigenvalue weighted by atomic mass is 16.5. The molecule has 7 heteroatoms. The Kier molecular flexibility index (Phi) is 7.12. The molecular weight excluding hydrogens is 416 g/mol. The number of hydrogen-bond donors (Lipinski definition) is 2. The van der Waals surface area contributed by atoms with Gasteiger partial charge in [0.15, 0.2) is 0 Å². The second kappa shape index (κ2) is 10.6.